The van der Waals surface area contributed by atoms with Crippen LogP contribution in [0.25, 0.3) is 0 Å². The molecule has 0 saturated heterocycles. The van der Waals surface area contributed by atoms with E-state index >= 15 is 0 Å². The maximum atomic E-state index is 3.81. The Bertz CT molecular complexity index is 148. The van der Waals surface area contributed by atoms with E-state index in [0.29, 0.717) is 15.1 Å². The smallest absolute Gasteiger partial charge is 0.0304 e. The molecule has 1 saturated carbocycles. The van der Waals surface area contributed by atoms with Crippen LogP contribution in [0.15, 0.2) is 0 Å². The molecule has 3 unspecified atom stereocenters. The first kappa shape index (κ1) is 11.0. The van der Waals surface area contributed by atoms with Crippen molar-refractivity contribution in [2.75, 3.05) is 0 Å². The van der Waals surface area contributed by atoms with E-state index in [0.717, 1.165) is 5.92 Å². The summed E-state index contributed by atoms with van der Waals surface area (Å²) in [6.45, 7) is 7.03. The van der Waals surface area contributed by atoms with Gasteiger partial charge in [-0.25, -0.2) is 0 Å². The molecule has 0 aromatic carbocycles. The summed E-state index contributed by atoms with van der Waals surface area (Å²) in [5.41, 5.74) is 0.445. The zero-order valence-electron chi connectivity index (χ0n) is 8.11. The lowest BCUT2D eigenvalue weighted by atomic mass is 9.72. The molecule has 12 heavy (non-hydrogen) atoms. The lowest BCUT2D eigenvalue weighted by molar-refractivity contribution is 0.194. The number of hydrogen-bond donors (Lipinski definition) is 0. The minimum atomic E-state index is 0.445. The fourth-order valence-corrected chi connectivity index (χ4v) is 4.03. The van der Waals surface area contributed by atoms with Crippen LogP contribution in [0, 0.1) is 11.3 Å². The molecule has 2 heteroatoms. The van der Waals surface area contributed by atoms with Gasteiger partial charge in [-0.05, 0) is 24.2 Å². The van der Waals surface area contributed by atoms with Gasteiger partial charge in [0.1, 0.15) is 0 Å². The normalized spacial score (nSPS) is 38.2. The zero-order valence-corrected chi connectivity index (χ0v) is 11.3. The minimum Gasteiger partial charge on any atom is -0.0878 e. The number of rotatable bonds is 0. The van der Waals surface area contributed by atoms with Gasteiger partial charge in [0.05, 0.1) is 0 Å². The van der Waals surface area contributed by atoms with E-state index in [1.807, 2.05) is 0 Å². The van der Waals surface area contributed by atoms with Crippen LogP contribution in [0.1, 0.15) is 40.0 Å². The van der Waals surface area contributed by atoms with Crippen molar-refractivity contribution in [2.45, 2.75) is 49.7 Å². The Morgan fingerprint density at radius 3 is 2.08 bits per heavy atom. The summed E-state index contributed by atoms with van der Waals surface area (Å²) >= 11 is 7.55. The van der Waals surface area contributed by atoms with Crippen LogP contribution in [0.3, 0.4) is 0 Å². The van der Waals surface area contributed by atoms with E-state index in [2.05, 4.69) is 52.6 Å². The molecule has 3 atom stereocenters. The maximum absolute atomic E-state index is 3.81. The van der Waals surface area contributed by atoms with Crippen LogP contribution < -0.4 is 0 Å². The summed E-state index contributed by atoms with van der Waals surface area (Å²) in [6.07, 6.45) is 4.07. The summed E-state index contributed by atoms with van der Waals surface area (Å²) in [7, 11) is 0. The largest absolute Gasteiger partial charge is 0.0878 e. The lowest BCUT2D eigenvalue weighted by Crippen LogP contribution is -2.37. The van der Waals surface area contributed by atoms with E-state index in [4.69, 9.17) is 0 Å². The molecule has 0 aliphatic heterocycles. The summed E-state index contributed by atoms with van der Waals surface area (Å²) < 4.78 is 0. The quantitative estimate of drug-likeness (QED) is 0.583. The second-order valence-corrected chi connectivity index (χ2v) is 7.10. The molecule has 0 aromatic rings. The van der Waals surface area contributed by atoms with Gasteiger partial charge in [-0.3, -0.25) is 0 Å². The topological polar surface area (TPSA) is 0 Å². The van der Waals surface area contributed by atoms with Gasteiger partial charge in [0.15, 0.2) is 0 Å². The van der Waals surface area contributed by atoms with Crippen molar-refractivity contribution >= 4 is 31.9 Å². The molecule has 0 spiro atoms. The minimum absolute atomic E-state index is 0.445. The van der Waals surface area contributed by atoms with E-state index in [1.54, 1.807) is 0 Å². The first-order valence-electron chi connectivity index (χ1n) is 4.71. The molecular formula is C10H18Br2. The molecule has 72 valence electrons. The average Bonchev–Trinajstić information content (AvgIpc) is 1.92. The molecule has 0 amide bonds. The highest BCUT2D eigenvalue weighted by Crippen LogP contribution is 2.43. The predicted molar refractivity (Wildman–Crippen MR) is 62.2 cm³/mol. The average molecular weight is 298 g/mol. The third kappa shape index (κ3) is 2.47. The number of halogens is 2. The van der Waals surface area contributed by atoms with Gasteiger partial charge in [0.25, 0.3) is 0 Å². The first-order chi connectivity index (χ1) is 5.43. The van der Waals surface area contributed by atoms with Crippen molar-refractivity contribution in [3.8, 4) is 0 Å². The maximum Gasteiger partial charge on any atom is 0.0304 e. The van der Waals surface area contributed by atoms with Crippen molar-refractivity contribution in [2.24, 2.45) is 11.3 Å². The molecule has 1 fully saturated rings. The predicted octanol–water partition coefficient (Wildman–Crippen LogP) is 4.36. The Labute approximate surface area is 92.8 Å². The highest BCUT2D eigenvalue weighted by Gasteiger charge is 2.36. The van der Waals surface area contributed by atoms with Gasteiger partial charge in [0, 0.05) is 9.65 Å². The number of hydrogen-bond acceptors (Lipinski definition) is 0. The fourth-order valence-electron chi connectivity index (χ4n) is 2.01. The van der Waals surface area contributed by atoms with E-state index in [1.165, 1.54) is 19.3 Å². The summed E-state index contributed by atoms with van der Waals surface area (Å²) in [6, 6.07) is 0. The highest BCUT2D eigenvalue weighted by atomic mass is 79.9. The Kier molecular flexibility index (Phi) is 3.68. The second kappa shape index (κ2) is 4.00. The number of alkyl halides is 2. The third-order valence-electron chi connectivity index (χ3n) is 2.84. The second-order valence-electron chi connectivity index (χ2n) is 4.86. The molecule has 1 rings (SSSR count). The van der Waals surface area contributed by atoms with Crippen molar-refractivity contribution in [1.29, 1.82) is 0 Å². The Hall–Kier alpha value is 0.960. The van der Waals surface area contributed by atoms with E-state index < -0.39 is 0 Å². The molecule has 0 heterocycles. The summed E-state index contributed by atoms with van der Waals surface area (Å²) in [4.78, 5) is 1.33. The van der Waals surface area contributed by atoms with Gasteiger partial charge >= 0.3 is 0 Å². The molecular weight excluding hydrogens is 280 g/mol. The molecule has 0 nitrogen and oxygen atoms in total. The van der Waals surface area contributed by atoms with Gasteiger partial charge in [-0.15, -0.1) is 0 Å². The Balaban J connectivity index is 2.64. The zero-order chi connectivity index (χ0) is 9.35. The van der Waals surface area contributed by atoms with Crippen molar-refractivity contribution in [3.05, 3.63) is 0 Å². The van der Waals surface area contributed by atoms with Crippen LogP contribution in [0.5, 0.6) is 0 Å². The van der Waals surface area contributed by atoms with Gasteiger partial charge in [-0.2, -0.15) is 0 Å². The summed E-state index contributed by atoms with van der Waals surface area (Å²) in [5.74, 6) is 0.815. The first-order valence-corrected chi connectivity index (χ1v) is 6.54. The standard InChI is InChI=1S/C10H18Br2/c1-10(2,3)7-5-4-6-8(11)9(7)12/h7-9H,4-6H2,1-3H3. The SMILES string of the molecule is CC(C)(C)C1CCCC(Br)C1Br. The van der Waals surface area contributed by atoms with Crippen LogP contribution in [0.4, 0.5) is 0 Å². The van der Waals surface area contributed by atoms with Gasteiger partial charge in [-0.1, -0.05) is 59.1 Å². The van der Waals surface area contributed by atoms with Crippen molar-refractivity contribution < 1.29 is 0 Å². The van der Waals surface area contributed by atoms with Gasteiger partial charge in [0.2, 0.25) is 0 Å². The fraction of sp³-hybridized carbons (Fsp3) is 1.00. The molecule has 1 aliphatic rings. The molecule has 0 aromatic heterocycles. The summed E-state index contributed by atoms with van der Waals surface area (Å²) in [5, 5.41) is 0. The molecule has 0 radical (unpaired) electrons. The highest BCUT2D eigenvalue weighted by molar-refractivity contribution is 9.12. The van der Waals surface area contributed by atoms with E-state index in [9.17, 15) is 0 Å². The van der Waals surface area contributed by atoms with Crippen LogP contribution >= 0.6 is 31.9 Å². The van der Waals surface area contributed by atoms with E-state index in [-0.39, 0.29) is 0 Å². The van der Waals surface area contributed by atoms with Crippen molar-refractivity contribution in [3.63, 3.8) is 0 Å². The molecule has 1 aliphatic carbocycles. The van der Waals surface area contributed by atoms with Crippen LogP contribution in [0.2, 0.25) is 0 Å². The van der Waals surface area contributed by atoms with Crippen LogP contribution in [-0.2, 0) is 0 Å². The van der Waals surface area contributed by atoms with Crippen molar-refractivity contribution in [1.82, 2.24) is 0 Å². The molecule has 0 bridgehead atoms. The lowest BCUT2D eigenvalue weighted by Gasteiger charge is -2.40. The molecule has 0 N–H and O–H groups in total. The Morgan fingerprint density at radius 1 is 1.08 bits per heavy atom. The van der Waals surface area contributed by atoms with Gasteiger partial charge < -0.3 is 0 Å². The third-order valence-corrected chi connectivity index (χ3v) is 5.85. The van der Waals surface area contributed by atoms with Crippen LogP contribution in [-0.4, -0.2) is 9.65 Å². The Morgan fingerprint density at radius 2 is 1.67 bits per heavy atom. The monoisotopic (exact) mass is 296 g/mol.